The Labute approximate surface area is 320 Å². The van der Waals surface area contributed by atoms with E-state index in [2.05, 4.69) is 68.2 Å². The highest BCUT2D eigenvalue weighted by Crippen LogP contribution is 2.37. The molecule has 0 fully saturated rings. The summed E-state index contributed by atoms with van der Waals surface area (Å²) in [6, 6.07) is 21.3. The lowest BCUT2D eigenvalue weighted by Crippen LogP contribution is -2.34. The van der Waals surface area contributed by atoms with E-state index < -0.39 is 22.0 Å². The highest BCUT2D eigenvalue weighted by atomic mass is 28.3. The summed E-state index contributed by atoms with van der Waals surface area (Å²) in [5.41, 5.74) is 7.02. The lowest BCUT2D eigenvalue weighted by Gasteiger charge is -2.18. The second-order valence-corrected chi connectivity index (χ2v) is 27.8. The first-order chi connectivity index (χ1) is 25.7. The van der Waals surface area contributed by atoms with Gasteiger partial charge in [-0.05, 0) is 65.0 Å². The third-order valence-electron chi connectivity index (χ3n) is 9.81. The minimum Gasteiger partial charge on any atom is -0.486 e. The average molecular weight is 771 g/mol. The molecular weight excluding hydrogens is 716 g/mol. The van der Waals surface area contributed by atoms with Crippen molar-refractivity contribution >= 4 is 33.1 Å². The van der Waals surface area contributed by atoms with Crippen molar-refractivity contribution < 1.29 is 23.4 Å². The molecule has 1 aliphatic heterocycles. The molecule has 0 radical (unpaired) electrons. The van der Waals surface area contributed by atoms with E-state index in [0.29, 0.717) is 51.0 Å². The number of imidazole rings is 1. The minimum absolute atomic E-state index is 0.142. The molecule has 0 spiro atoms. The fourth-order valence-electron chi connectivity index (χ4n) is 6.55. The van der Waals surface area contributed by atoms with Gasteiger partial charge in [-0.15, -0.1) is 0 Å². The van der Waals surface area contributed by atoms with E-state index in [1.54, 1.807) is 18.0 Å². The van der Waals surface area contributed by atoms with Crippen LogP contribution >= 0.6 is 0 Å². The van der Waals surface area contributed by atoms with Crippen LogP contribution in [-0.2, 0) is 49.1 Å². The Bertz CT molecular complexity index is 2090. The zero-order valence-corrected chi connectivity index (χ0v) is 35.1. The van der Waals surface area contributed by atoms with Crippen LogP contribution in [0.2, 0.25) is 51.4 Å². The van der Waals surface area contributed by atoms with Gasteiger partial charge in [0, 0.05) is 41.8 Å². The highest BCUT2D eigenvalue weighted by molar-refractivity contribution is 6.76. The van der Waals surface area contributed by atoms with Crippen molar-refractivity contribution in [3.63, 3.8) is 0 Å². The SMILES string of the molecule is CCc1cc(OCc2ccccc2)c(F)cc1-c1ccc2c(-c3nc4c(n3COCC[Si](C)(C)C)CN(C(=O)NC)C4)nn(COCC[Si](C)(C)C)c2c1. The van der Waals surface area contributed by atoms with Crippen molar-refractivity contribution in [1.29, 1.82) is 0 Å². The first kappa shape index (κ1) is 39.4. The zero-order chi connectivity index (χ0) is 38.6. The number of benzene rings is 3. The second kappa shape index (κ2) is 16.6. The van der Waals surface area contributed by atoms with Crippen molar-refractivity contribution in [2.45, 2.75) is 97.9 Å². The van der Waals surface area contributed by atoms with Crippen molar-refractivity contribution in [2.75, 3.05) is 20.3 Å². The molecule has 13 heteroatoms. The number of aromatic nitrogens is 4. The van der Waals surface area contributed by atoms with Crippen molar-refractivity contribution in [1.82, 2.24) is 29.5 Å². The molecular formula is C41H55FN6O4Si2. The first-order valence-corrected chi connectivity index (χ1v) is 26.4. The number of fused-ring (bicyclic) bond motifs is 2. The molecule has 0 saturated heterocycles. The maximum Gasteiger partial charge on any atom is 0.317 e. The van der Waals surface area contributed by atoms with Crippen molar-refractivity contribution in [3.05, 3.63) is 89.0 Å². The van der Waals surface area contributed by atoms with Crippen LogP contribution in [0.15, 0.2) is 60.7 Å². The van der Waals surface area contributed by atoms with E-state index >= 15 is 4.39 Å². The van der Waals surface area contributed by atoms with Crippen LogP contribution in [0.5, 0.6) is 5.75 Å². The van der Waals surface area contributed by atoms with E-state index in [1.807, 2.05) is 47.1 Å². The monoisotopic (exact) mass is 770 g/mol. The standard InChI is InChI=1S/C41H55FN6O4Si2/c1-9-30-22-38(52-26-29-13-11-10-12-14-29)34(42)23-33(30)31-15-16-32-36(21-31)48(28-51-18-20-54(6,7)8)45-39(32)40-44-35-24-46(41(49)43-2)25-37(35)47(40)27-50-17-19-53(3,4)5/h10-16,21-23H,9,17-20,24-28H2,1-8H3,(H,43,49). The van der Waals surface area contributed by atoms with Gasteiger partial charge in [-0.25, -0.2) is 18.9 Å². The number of hydrogen-bond acceptors (Lipinski definition) is 6. The summed E-state index contributed by atoms with van der Waals surface area (Å²) < 4.78 is 38.2. The van der Waals surface area contributed by atoms with Gasteiger partial charge < -0.3 is 29.0 Å². The molecule has 54 heavy (non-hydrogen) atoms. The highest BCUT2D eigenvalue weighted by Gasteiger charge is 2.32. The van der Waals surface area contributed by atoms with Crippen molar-refractivity contribution in [3.8, 4) is 28.4 Å². The predicted octanol–water partition coefficient (Wildman–Crippen LogP) is 9.13. The molecule has 0 saturated carbocycles. The Hall–Kier alpha value is -4.31. The number of halogens is 1. The Morgan fingerprint density at radius 1 is 0.907 bits per heavy atom. The van der Waals surface area contributed by atoms with E-state index in [4.69, 9.17) is 24.3 Å². The number of carbonyl (C=O) groups is 1. The van der Waals surface area contributed by atoms with Crippen LogP contribution in [0.4, 0.5) is 9.18 Å². The van der Waals surface area contributed by atoms with Gasteiger partial charge in [-0.3, -0.25) is 0 Å². The normalized spacial score (nSPS) is 13.2. The fraction of sp³-hybridized carbons (Fsp3) is 0.439. The Kier molecular flexibility index (Phi) is 12.1. The zero-order valence-electron chi connectivity index (χ0n) is 33.1. The van der Waals surface area contributed by atoms with E-state index in [-0.39, 0.29) is 25.1 Å². The molecule has 0 atom stereocenters. The van der Waals surface area contributed by atoms with Crippen LogP contribution in [0.3, 0.4) is 0 Å². The number of urea groups is 1. The maximum atomic E-state index is 15.7. The van der Waals surface area contributed by atoms with Crippen LogP contribution < -0.4 is 10.1 Å². The molecule has 3 heterocycles. The first-order valence-electron chi connectivity index (χ1n) is 19.0. The number of rotatable bonds is 16. The van der Waals surface area contributed by atoms with Gasteiger partial charge >= 0.3 is 6.03 Å². The largest absolute Gasteiger partial charge is 0.486 e. The van der Waals surface area contributed by atoms with Gasteiger partial charge in [0.1, 0.15) is 25.8 Å². The van der Waals surface area contributed by atoms with Crippen LogP contribution in [-0.4, -0.2) is 66.7 Å². The van der Waals surface area contributed by atoms with Crippen LogP contribution in [0.25, 0.3) is 33.5 Å². The topological polar surface area (TPSA) is 95.7 Å². The lowest BCUT2D eigenvalue weighted by atomic mass is 9.96. The van der Waals surface area contributed by atoms with Gasteiger partial charge in [0.25, 0.3) is 0 Å². The summed E-state index contributed by atoms with van der Waals surface area (Å²) >= 11 is 0. The Morgan fingerprint density at radius 3 is 2.28 bits per heavy atom. The minimum atomic E-state index is -1.31. The number of carbonyl (C=O) groups excluding carboxylic acids is 1. The van der Waals surface area contributed by atoms with Crippen LogP contribution in [0.1, 0.15) is 29.4 Å². The number of nitrogens with one attached hydrogen (secondary N) is 1. The van der Waals surface area contributed by atoms with E-state index in [0.717, 1.165) is 56.6 Å². The van der Waals surface area contributed by atoms with Gasteiger partial charge in [-0.2, -0.15) is 5.10 Å². The quantitative estimate of drug-likeness (QED) is 0.0795. The molecule has 3 aromatic carbocycles. The molecule has 0 bridgehead atoms. The second-order valence-electron chi connectivity index (χ2n) is 16.5. The summed E-state index contributed by atoms with van der Waals surface area (Å²) in [4.78, 5) is 19.5. The van der Waals surface area contributed by atoms with Gasteiger partial charge in [0.2, 0.25) is 0 Å². The Morgan fingerprint density at radius 2 is 1.61 bits per heavy atom. The predicted molar refractivity (Wildman–Crippen MR) is 218 cm³/mol. The van der Waals surface area contributed by atoms with E-state index in [1.165, 1.54) is 0 Å². The number of nitrogens with zero attached hydrogens (tertiary/aromatic N) is 5. The molecule has 10 nitrogen and oxygen atoms in total. The van der Waals surface area contributed by atoms with Gasteiger partial charge in [-0.1, -0.05) is 82.6 Å². The number of aryl methyl sites for hydroxylation is 1. The van der Waals surface area contributed by atoms with Crippen LogP contribution in [0, 0.1) is 5.82 Å². The maximum absolute atomic E-state index is 15.7. The average Bonchev–Trinajstić information content (AvgIpc) is 3.81. The molecule has 0 unspecified atom stereocenters. The summed E-state index contributed by atoms with van der Waals surface area (Å²) in [6.45, 7) is 19.1. The summed E-state index contributed by atoms with van der Waals surface area (Å²) in [5, 5.41) is 8.80. The van der Waals surface area contributed by atoms with Gasteiger partial charge in [0.15, 0.2) is 17.4 Å². The summed E-state index contributed by atoms with van der Waals surface area (Å²) in [7, 11) is -0.969. The summed E-state index contributed by atoms with van der Waals surface area (Å²) in [6.07, 6.45) is 0.702. The summed E-state index contributed by atoms with van der Waals surface area (Å²) in [5.74, 6) is 0.535. The third-order valence-corrected chi connectivity index (χ3v) is 13.2. The smallest absolute Gasteiger partial charge is 0.317 e. The molecule has 2 aromatic heterocycles. The Balaban J connectivity index is 1.39. The number of hydrogen-bond donors (Lipinski definition) is 1. The third kappa shape index (κ3) is 9.31. The lowest BCUT2D eigenvalue weighted by molar-refractivity contribution is 0.0814. The molecule has 0 aliphatic carbocycles. The van der Waals surface area contributed by atoms with E-state index in [9.17, 15) is 4.79 Å². The fourth-order valence-corrected chi connectivity index (χ4v) is 8.06. The molecule has 288 valence electrons. The number of amides is 2. The molecule has 6 rings (SSSR count). The number of ether oxygens (including phenoxy) is 3. The van der Waals surface area contributed by atoms with Gasteiger partial charge in [0.05, 0.1) is 30.0 Å². The molecule has 1 aliphatic rings. The molecule has 2 amide bonds. The molecule has 1 N–H and O–H groups in total. The van der Waals surface area contributed by atoms with Crippen molar-refractivity contribution in [2.24, 2.45) is 0 Å². The molecule has 5 aromatic rings.